The molecule has 29 heavy (non-hydrogen) atoms. The van der Waals surface area contributed by atoms with Gasteiger partial charge in [-0.3, -0.25) is 14.1 Å². The first-order valence-electron chi connectivity index (χ1n) is 7.58. The van der Waals surface area contributed by atoms with Crippen LogP contribution in [0.3, 0.4) is 0 Å². The molecule has 0 unspecified atom stereocenters. The molecule has 1 aliphatic rings. The van der Waals surface area contributed by atoms with Gasteiger partial charge < -0.3 is 21.0 Å². The van der Waals surface area contributed by atoms with Gasteiger partial charge in [-0.1, -0.05) is 5.16 Å². The van der Waals surface area contributed by atoms with Crippen molar-refractivity contribution in [1.29, 1.82) is 0 Å². The molecule has 1 fully saturated rings. The molecule has 13 nitrogen and oxygen atoms in total. The van der Waals surface area contributed by atoms with Crippen LogP contribution in [-0.2, 0) is 29.5 Å². The number of nitrogens with one attached hydrogen (secondary N) is 1. The van der Waals surface area contributed by atoms with E-state index in [0.717, 1.165) is 11.3 Å². The van der Waals surface area contributed by atoms with E-state index < -0.39 is 51.5 Å². The number of rotatable bonds is 7. The van der Waals surface area contributed by atoms with Crippen LogP contribution in [0.5, 0.6) is 0 Å². The molecule has 1 aliphatic heterocycles. The number of hydrogen-bond acceptors (Lipinski definition) is 10. The summed E-state index contributed by atoms with van der Waals surface area (Å²) in [5, 5.41) is 16.3. The van der Waals surface area contributed by atoms with Crippen LogP contribution in [0.2, 0.25) is 0 Å². The summed E-state index contributed by atoms with van der Waals surface area (Å²) in [5.41, 5.74) is 3.26. The first-order chi connectivity index (χ1) is 12.8. The van der Waals surface area contributed by atoms with Gasteiger partial charge in [-0.15, -0.1) is 11.3 Å². The van der Waals surface area contributed by atoms with Gasteiger partial charge in [0.2, 0.25) is 5.60 Å². The molecule has 0 saturated carbocycles. The molecule has 0 aliphatic carbocycles. The summed E-state index contributed by atoms with van der Waals surface area (Å²) < 4.78 is 31.4. The van der Waals surface area contributed by atoms with Crippen molar-refractivity contribution in [2.24, 2.45) is 5.16 Å². The number of hydrogen-bond donors (Lipinski definition) is 4. The quantitative estimate of drug-likeness (QED) is 0.118. The average molecular weight is 475 g/mol. The summed E-state index contributed by atoms with van der Waals surface area (Å²) in [6.07, 6.45) is 0. The van der Waals surface area contributed by atoms with Crippen LogP contribution in [0.4, 0.5) is 5.13 Å². The monoisotopic (exact) mass is 474 g/mol. The van der Waals surface area contributed by atoms with Crippen LogP contribution in [0.1, 0.15) is 26.5 Å². The molecule has 2 heterocycles. The van der Waals surface area contributed by atoms with Gasteiger partial charge in [0.1, 0.15) is 11.7 Å². The molecule has 1 saturated heterocycles. The smallest absolute Gasteiger partial charge is 0.362 e. The fourth-order valence-corrected chi connectivity index (χ4v) is 3.54. The molecule has 2 rings (SSSR count). The minimum Gasteiger partial charge on any atom is -0.478 e. The van der Waals surface area contributed by atoms with Crippen molar-refractivity contribution in [3.63, 3.8) is 0 Å². The summed E-state index contributed by atoms with van der Waals surface area (Å²) in [6, 6.07) is -2.31. The van der Waals surface area contributed by atoms with Gasteiger partial charge >= 0.3 is 16.3 Å². The Hall–Kier alpha value is -1.14. The van der Waals surface area contributed by atoms with Gasteiger partial charge in [0, 0.05) is 56.8 Å². The molecule has 2 atom stereocenters. The van der Waals surface area contributed by atoms with Crippen molar-refractivity contribution in [2.45, 2.75) is 38.5 Å². The molecule has 5 N–H and O–H groups in total. The number of carboxylic acids is 1. The zero-order valence-corrected chi connectivity index (χ0v) is 20.6. The second-order valence-electron chi connectivity index (χ2n) is 6.22. The number of aliphatic carboxylic acids is 1. The average Bonchev–Trinajstić information content (AvgIpc) is 2.97. The second-order valence-corrected chi connectivity index (χ2v) is 8.40. The topological polar surface area (TPSA) is 202 Å². The maximum atomic E-state index is 12.6. The van der Waals surface area contributed by atoms with Crippen molar-refractivity contribution in [3.8, 4) is 0 Å². The number of carbonyl (C=O) groups is 3. The van der Waals surface area contributed by atoms with E-state index in [1.54, 1.807) is 0 Å². The van der Waals surface area contributed by atoms with Crippen molar-refractivity contribution < 1.29 is 37.3 Å². The Bertz CT molecular complexity index is 960. The Morgan fingerprint density at radius 2 is 2.03 bits per heavy atom. The first kappa shape index (κ1) is 25.9. The molecule has 0 bridgehead atoms. The number of β-lactam (4-membered cyclic amide) rings is 1. The Morgan fingerprint density at radius 1 is 1.45 bits per heavy atom. The largest absolute Gasteiger partial charge is 0.478 e. The van der Waals surface area contributed by atoms with E-state index in [-0.39, 0.29) is 66.5 Å². The molecule has 1 aromatic rings. The number of nitrogens with two attached hydrogens (primary N) is 1. The molecule has 16 heteroatoms. The van der Waals surface area contributed by atoms with Gasteiger partial charge in [-0.05, 0) is 20.8 Å². The number of nitrogen functional groups attached to an aromatic ring is 1. The number of thiazole rings is 1. The number of carboxylic acid groups (broad SMARTS) is 1. The predicted molar refractivity (Wildman–Crippen MR) is 101 cm³/mol. The second kappa shape index (κ2) is 9.34. The fraction of sp³-hybridized carbons (Fsp3) is 0.462. The Balaban J connectivity index is 0.00000420. The van der Waals surface area contributed by atoms with Gasteiger partial charge in [0.15, 0.2) is 10.8 Å². The van der Waals surface area contributed by atoms with E-state index in [0.29, 0.717) is 0 Å². The number of amides is 2. The van der Waals surface area contributed by atoms with E-state index in [1.807, 2.05) is 0 Å². The summed E-state index contributed by atoms with van der Waals surface area (Å²) in [7, 11) is -4.76. The van der Waals surface area contributed by atoms with E-state index in [9.17, 15) is 22.8 Å². The first-order valence-corrected chi connectivity index (χ1v) is 9.86. The van der Waals surface area contributed by atoms with E-state index in [1.165, 1.54) is 26.2 Å². The number of carbonyl (C=O) groups excluding carboxylic acids is 2. The maximum Gasteiger partial charge on any atom is 0.362 e. The van der Waals surface area contributed by atoms with Crippen LogP contribution in [-0.4, -0.2) is 120 Å². The minimum absolute atomic E-state index is 0. The standard InChI is InChI=1S/C13H17N5O8S2.K/c1-5-7(10(20)18(5)28(23,24)25)16-9(19)8(6-4-27-12(14)15-6)17-26-13(2,3)11(21)22;/h4-5,7H,1-3H3,(H2,14,15)(H,16,19)(H,21,22)(H,23,24,25);/b17-8-;/t5-,7-;/m0./s1. The third kappa shape index (κ3) is 5.72. The molecule has 2 amide bonds. The predicted octanol–water partition coefficient (Wildman–Crippen LogP) is -1.55. The molecule has 1 aromatic heterocycles. The maximum absolute atomic E-state index is 12.6. The van der Waals surface area contributed by atoms with Crippen molar-refractivity contribution >= 4 is 102 Å². The summed E-state index contributed by atoms with van der Waals surface area (Å²) >= 11 is 0.980. The number of oxime groups is 1. The number of nitrogens with zero attached hydrogens (tertiary/aromatic N) is 3. The summed E-state index contributed by atoms with van der Waals surface area (Å²) in [5.74, 6) is -3.38. The molecular weight excluding hydrogens is 457 g/mol. The van der Waals surface area contributed by atoms with E-state index in [4.69, 9.17) is 20.2 Å². The van der Waals surface area contributed by atoms with Crippen molar-refractivity contribution in [2.75, 3.05) is 5.73 Å². The third-order valence-corrected chi connectivity index (χ3v) is 5.41. The zero-order valence-electron chi connectivity index (χ0n) is 15.8. The van der Waals surface area contributed by atoms with Crippen LogP contribution in [0.25, 0.3) is 0 Å². The minimum atomic E-state index is -4.76. The number of anilines is 1. The van der Waals surface area contributed by atoms with Crippen molar-refractivity contribution in [3.05, 3.63) is 11.1 Å². The van der Waals surface area contributed by atoms with Crippen molar-refractivity contribution in [1.82, 2.24) is 14.6 Å². The Kier molecular flexibility index (Phi) is 8.33. The third-order valence-electron chi connectivity index (χ3n) is 3.73. The Labute approximate surface area is 212 Å². The van der Waals surface area contributed by atoms with Gasteiger partial charge in [-0.25, -0.2) is 14.1 Å². The summed E-state index contributed by atoms with van der Waals surface area (Å²) in [4.78, 5) is 44.4. The molecule has 155 valence electrons. The van der Waals surface area contributed by atoms with E-state index in [2.05, 4.69) is 15.5 Å². The van der Waals surface area contributed by atoms with Crippen LogP contribution < -0.4 is 11.1 Å². The van der Waals surface area contributed by atoms with Gasteiger partial charge in [0.05, 0.1) is 6.04 Å². The van der Waals surface area contributed by atoms with E-state index >= 15 is 0 Å². The molecule has 0 spiro atoms. The Morgan fingerprint density at radius 3 is 2.45 bits per heavy atom. The molecule has 0 aromatic carbocycles. The number of aromatic nitrogens is 1. The molecular formula is C13H17KN5O8S2. The fourth-order valence-electron chi connectivity index (χ4n) is 2.11. The SMILES string of the molecule is C[C@H]1[C@H](NC(=O)/C(=N\OC(C)(C)C(=O)O)c2csc(N)n2)C(=O)N1S(=O)(=O)O.[K]. The van der Waals surface area contributed by atoms with Gasteiger partial charge in [0.25, 0.3) is 11.8 Å². The normalized spacial score (nSPS) is 19.8. The van der Waals surface area contributed by atoms with Gasteiger partial charge in [-0.2, -0.15) is 8.42 Å². The van der Waals surface area contributed by atoms with Crippen LogP contribution in [0, 0.1) is 0 Å². The van der Waals surface area contributed by atoms with Crippen LogP contribution in [0.15, 0.2) is 10.5 Å². The summed E-state index contributed by atoms with van der Waals surface area (Å²) in [6.45, 7) is 3.69. The molecule has 1 radical (unpaired) electrons. The van der Waals surface area contributed by atoms with Crippen LogP contribution >= 0.6 is 11.3 Å². The zero-order chi connectivity index (χ0) is 21.4.